The molecule has 3 N–H and O–H groups in total. The molecule has 4 nitrogen and oxygen atoms in total. The van der Waals surface area contributed by atoms with Gasteiger partial charge in [-0.15, -0.1) is 0 Å². The molecule has 1 aromatic carbocycles. The minimum Gasteiger partial charge on any atom is -0.394 e. The van der Waals surface area contributed by atoms with Crippen LogP contribution in [-0.4, -0.2) is 40.2 Å². The molecule has 0 aliphatic carbocycles. The highest BCUT2D eigenvalue weighted by Gasteiger charge is 2.37. The fraction of sp³-hybridized carbons (Fsp3) is 0.500. The molecule has 1 aromatic rings. The average Bonchev–Trinajstić information content (AvgIpc) is 2.33. The Kier molecular flexibility index (Phi) is 3.56. The minimum atomic E-state index is -0.940. The van der Waals surface area contributed by atoms with Crippen molar-refractivity contribution >= 4 is 0 Å². The molecule has 1 fully saturated rings. The smallest absolute Gasteiger partial charge is 0.111 e. The van der Waals surface area contributed by atoms with Crippen molar-refractivity contribution in [3.8, 4) is 0 Å². The van der Waals surface area contributed by atoms with Crippen LogP contribution in [0.3, 0.4) is 0 Å². The van der Waals surface area contributed by atoms with Crippen molar-refractivity contribution in [2.45, 2.75) is 30.8 Å². The fourth-order valence-electron chi connectivity index (χ4n) is 1.99. The standard InChI is InChI=1S/C12H16O4/c13-7-9-6-10(14)11(15)12(16-9)8-4-2-1-3-5-8/h1-5,9-15H,6-7H2. The predicted molar refractivity (Wildman–Crippen MR) is 57.8 cm³/mol. The van der Waals surface area contributed by atoms with Gasteiger partial charge in [0.2, 0.25) is 0 Å². The summed E-state index contributed by atoms with van der Waals surface area (Å²) in [7, 11) is 0. The Balaban J connectivity index is 2.18. The molecule has 2 rings (SSSR count). The Morgan fingerprint density at radius 3 is 2.50 bits per heavy atom. The van der Waals surface area contributed by atoms with Gasteiger partial charge in [0, 0.05) is 6.42 Å². The summed E-state index contributed by atoms with van der Waals surface area (Å²) in [6, 6.07) is 9.24. The van der Waals surface area contributed by atoms with E-state index in [-0.39, 0.29) is 13.0 Å². The number of hydrogen-bond donors (Lipinski definition) is 3. The van der Waals surface area contributed by atoms with Crippen molar-refractivity contribution < 1.29 is 20.1 Å². The van der Waals surface area contributed by atoms with Crippen LogP contribution in [-0.2, 0) is 4.74 Å². The maximum atomic E-state index is 9.85. The van der Waals surface area contributed by atoms with E-state index in [1.165, 1.54) is 0 Å². The first-order valence-electron chi connectivity index (χ1n) is 5.39. The van der Waals surface area contributed by atoms with Crippen LogP contribution in [0, 0.1) is 0 Å². The van der Waals surface area contributed by atoms with Gasteiger partial charge < -0.3 is 20.1 Å². The minimum absolute atomic E-state index is 0.146. The monoisotopic (exact) mass is 224 g/mol. The van der Waals surface area contributed by atoms with Gasteiger partial charge in [-0.1, -0.05) is 30.3 Å². The van der Waals surface area contributed by atoms with Crippen LogP contribution in [0.1, 0.15) is 18.1 Å². The Labute approximate surface area is 94.1 Å². The Morgan fingerprint density at radius 2 is 1.88 bits per heavy atom. The van der Waals surface area contributed by atoms with Gasteiger partial charge in [-0.25, -0.2) is 0 Å². The summed E-state index contributed by atoms with van der Waals surface area (Å²) in [5, 5.41) is 28.6. The Hall–Kier alpha value is -0.940. The topological polar surface area (TPSA) is 69.9 Å². The molecule has 1 saturated heterocycles. The summed E-state index contributed by atoms with van der Waals surface area (Å²) < 4.78 is 5.54. The predicted octanol–water partition coefficient (Wildman–Crippen LogP) is 0.231. The highest BCUT2D eigenvalue weighted by atomic mass is 16.5. The lowest BCUT2D eigenvalue weighted by atomic mass is 9.93. The zero-order valence-electron chi connectivity index (χ0n) is 8.86. The third kappa shape index (κ3) is 2.25. The quantitative estimate of drug-likeness (QED) is 0.672. The largest absolute Gasteiger partial charge is 0.394 e. The van der Waals surface area contributed by atoms with Crippen LogP contribution in [0.25, 0.3) is 0 Å². The van der Waals surface area contributed by atoms with Gasteiger partial charge in [0.15, 0.2) is 0 Å². The Bertz CT molecular complexity index is 327. The molecular formula is C12H16O4. The van der Waals surface area contributed by atoms with Crippen LogP contribution in [0.2, 0.25) is 0 Å². The number of benzene rings is 1. The average molecular weight is 224 g/mol. The molecule has 4 atom stereocenters. The van der Waals surface area contributed by atoms with E-state index in [0.717, 1.165) is 5.56 Å². The number of aliphatic hydroxyl groups excluding tert-OH is 3. The lowest BCUT2D eigenvalue weighted by Crippen LogP contribution is -2.44. The third-order valence-electron chi connectivity index (χ3n) is 2.88. The van der Waals surface area contributed by atoms with Crippen molar-refractivity contribution in [1.29, 1.82) is 0 Å². The summed E-state index contributed by atoms with van der Waals surface area (Å²) in [5.41, 5.74) is 0.812. The molecule has 0 bridgehead atoms. The summed E-state index contributed by atoms with van der Waals surface area (Å²) in [6.07, 6.45) is -2.51. The van der Waals surface area contributed by atoms with E-state index in [1.54, 1.807) is 0 Å². The van der Waals surface area contributed by atoms with E-state index < -0.39 is 24.4 Å². The summed E-state index contributed by atoms with van der Waals surface area (Å²) >= 11 is 0. The molecule has 1 heterocycles. The molecule has 1 aliphatic rings. The second kappa shape index (κ2) is 4.93. The van der Waals surface area contributed by atoms with Crippen LogP contribution in [0.4, 0.5) is 0 Å². The number of rotatable bonds is 2. The summed E-state index contributed by atoms with van der Waals surface area (Å²) in [4.78, 5) is 0. The lowest BCUT2D eigenvalue weighted by Gasteiger charge is -2.36. The molecule has 0 spiro atoms. The normalized spacial score (nSPS) is 34.9. The number of hydrogen-bond acceptors (Lipinski definition) is 4. The first-order chi connectivity index (χ1) is 7.72. The first-order valence-corrected chi connectivity index (χ1v) is 5.39. The zero-order chi connectivity index (χ0) is 11.5. The maximum Gasteiger partial charge on any atom is 0.111 e. The molecule has 88 valence electrons. The molecule has 1 aliphatic heterocycles. The van der Waals surface area contributed by atoms with Crippen LogP contribution in [0.5, 0.6) is 0 Å². The molecule has 0 radical (unpaired) electrons. The van der Waals surface area contributed by atoms with Gasteiger partial charge in [-0.05, 0) is 5.56 Å². The van der Waals surface area contributed by atoms with Gasteiger partial charge in [0.25, 0.3) is 0 Å². The first kappa shape index (κ1) is 11.5. The molecule has 16 heavy (non-hydrogen) atoms. The van der Waals surface area contributed by atoms with Crippen LogP contribution < -0.4 is 0 Å². The van der Waals surface area contributed by atoms with Crippen molar-refractivity contribution in [1.82, 2.24) is 0 Å². The number of aliphatic hydroxyl groups is 3. The van der Waals surface area contributed by atoms with Crippen LogP contribution >= 0.6 is 0 Å². The van der Waals surface area contributed by atoms with Gasteiger partial charge in [0.05, 0.1) is 18.8 Å². The third-order valence-corrected chi connectivity index (χ3v) is 2.88. The van der Waals surface area contributed by atoms with Gasteiger partial charge >= 0.3 is 0 Å². The molecular weight excluding hydrogens is 208 g/mol. The molecule has 0 aromatic heterocycles. The van der Waals surface area contributed by atoms with Crippen LogP contribution in [0.15, 0.2) is 30.3 Å². The molecule has 4 unspecified atom stereocenters. The highest BCUT2D eigenvalue weighted by molar-refractivity contribution is 5.19. The van der Waals surface area contributed by atoms with Gasteiger partial charge in [-0.3, -0.25) is 0 Å². The van der Waals surface area contributed by atoms with Crippen molar-refractivity contribution in [3.05, 3.63) is 35.9 Å². The fourth-order valence-corrected chi connectivity index (χ4v) is 1.99. The van der Waals surface area contributed by atoms with Crippen molar-refractivity contribution in [3.63, 3.8) is 0 Å². The molecule has 0 amide bonds. The van der Waals surface area contributed by atoms with E-state index in [2.05, 4.69) is 0 Å². The second-order valence-electron chi connectivity index (χ2n) is 4.07. The summed E-state index contributed by atoms with van der Waals surface area (Å²) in [6.45, 7) is -0.146. The maximum absolute atomic E-state index is 9.85. The van der Waals surface area contributed by atoms with E-state index in [9.17, 15) is 10.2 Å². The highest BCUT2D eigenvalue weighted by Crippen LogP contribution is 2.31. The Morgan fingerprint density at radius 1 is 1.19 bits per heavy atom. The SMILES string of the molecule is OCC1CC(O)C(O)C(c2ccccc2)O1. The van der Waals surface area contributed by atoms with E-state index in [0.29, 0.717) is 0 Å². The summed E-state index contributed by atoms with van der Waals surface area (Å²) in [5.74, 6) is 0. The van der Waals surface area contributed by atoms with Crippen molar-refractivity contribution in [2.75, 3.05) is 6.61 Å². The van der Waals surface area contributed by atoms with Gasteiger partial charge in [-0.2, -0.15) is 0 Å². The van der Waals surface area contributed by atoms with E-state index >= 15 is 0 Å². The number of ether oxygens (including phenoxy) is 1. The zero-order valence-corrected chi connectivity index (χ0v) is 8.86. The van der Waals surface area contributed by atoms with E-state index in [4.69, 9.17) is 9.84 Å². The van der Waals surface area contributed by atoms with Gasteiger partial charge in [0.1, 0.15) is 12.2 Å². The molecule has 0 saturated carbocycles. The second-order valence-corrected chi connectivity index (χ2v) is 4.07. The molecule has 4 heteroatoms. The van der Waals surface area contributed by atoms with Crippen molar-refractivity contribution in [2.24, 2.45) is 0 Å². The lowest BCUT2D eigenvalue weighted by molar-refractivity contribution is -0.179. The van der Waals surface area contributed by atoms with E-state index in [1.807, 2.05) is 30.3 Å².